The second-order valence-electron chi connectivity index (χ2n) is 5.96. The largest absolute Gasteiger partial charge is 0.462 e. The van der Waals surface area contributed by atoms with Crippen molar-refractivity contribution in [1.82, 2.24) is 14.3 Å². The second kappa shape index (κ2) is 7.56. The van der Waals surface area contributed by atoms with Crippen molar-refractivity contribution in [2.45, 2.75) is 30.7 Å². The minimum absolute atomic E-state index is 0.0509. The highest BCUT2D eigenvalue weighted by atomic mass is 35.5. The number of sulfonamides is 1. The molecule has 10 heteroatoms. The Labute approximate surface area is 162 Å². The van der Waals surface area contributed by atoms with Gasteiger partial charge in [0.25, 0.3) is 0 Å². The van der Waals surface area contributed by atoms with Crippen molar-refractivity contribution in [1.29, 1.82) is 0 Å². The van der Waals surface area contributed by atoms with Gasteiger partial charge in [0.05, 0.1) is 10.7 Å². The first-order chi connectivity index (χ1) is 12.3. The molecular weight excluding hydrogens is 399 g/mol. The number of halogens is 2. The fraction of sp³-hybridized carbons (Fsp3) is 0.375. The monoisotopic (exact) mass is 416 g/mol. The Hall–Kier alpha value is -1.61. The van der Waals surface area contributed by atoms with Crippen LogP contribution in [0.15, 0.2) is 29.3 Å². The van der Waals surface area contributed by atoms with E-state index >= 15 is 0 Å². The highest BCUT2D eigenvalue weighted by Gasteiger charge is 2.40. The maximum atomic E-state index is 13.2. The third-order valence-electron chi connectivity index (χ3n) is 4.03. The quantitative estimate of drug-likeness (QED) is 0.550. The highest BCUT2D eigenvalue weighted by Crippen LogP contribution is 2.37. The van der Waals surface area contributed by atoms with E-state index in [9.17, 15) is 8.42 Å². The van der Waals surface area contributed by atoms with Crippen LogP contribution in [-0.4, -0.2) is 41.9 Å². The molecule has 0 aliphatic heterocycles. The van der Waals surface area contributed by atoms with Crippen LogP contribution in [0.25, 0.3) is 0 Å². The number of rotatable bonds is 7. The number of hydrogen-bond acceptors (Lipinski definition) is 6. The number of nitrogen functional groups attached to an aromatic ring is 1. The lowest BCUT2D eigenvalue weighted by atomic mass is 10.2. The Morgan fingerprint density at radius 1 is 1.31 bits per heavy atom. The van der Waals surface area contributed by atoms with E-state index in [-0.39, 0.29) is 46.0 Å². The van der Waals surface area contributed by atoms with E-state index in [2.05, 4.69) is 9.97 Å². The molecule has 7 nitrogen and oxygen atoms in total. The molecule has 0 bridgehead atoms. The molecule has 2 aromatic rings. The molecule has 3 rings (SSSR count). The molecule has 0 radical (unpaired) electrons. The molecule has 1 aromatic heterocycles. The molecule has 140 valence electrons. The van der Waals surface area contributed by atoms with Crippen LogP contribution in [0.2, 0.25) is 10.2 Å². The number of aromatic nitrogens is 2. The van der Waals surface area contributed by atoms with Gasteiger partial charge in [-0.25, -0.2) is 13.4 Å². The average Bonchev–Trinajstić information content (AvgIpc) is 3.40. The van der Waals surface area contributed by atoms with Gasteiger partial charge in [-0.1, -0.05) is 29.3 Å². The number of benzene rings is 1. The third kappa shape index (κ3) is 4.03. The van der Waals surface area contributed by atoms with Gasteiger partial charge in [0, 0.05) is 18.8 Å². The normalized spacial score (nSPS) is 14.6. The van der Waals surface area contributed by atoms with Crippen LogP contribution in [0, 0.1) is 6.92 Å². The summed E-state index contributed by atoms with van der Waals surface area (Å²) in [6.45, 7) is 1.96. The number of hydrogen-bond donors (Lipinski definition) is 1. The number of anilines is 1. The van der Waals surface area contributed by atoms with Crippen LogP contribution < -0.4 is 10.5 Å². The zero-order chi connectivity index (χ0) is 18.9. The van der Waals surface area contributed by atoms with Gasteiger partial charge in [-0.05, 0) is 37.5 Å². The van der Waals surface area contributed by atoms with Gasteiger partial charge in [-0.15, -0.1) is 0 Å². The minimum Gasteiger partial charge on any atom is -0.462 e. The van der Waals surface area contributed by atoms with Crippen LogP contribution in [-0.2, 0) is 10.0 Å². The molecule has 0 amide bonds. The Balaban J connectivity index is 1.80. The summed E-state index contributed by atoms with van der Waals surface area (Å²) in [4.78, 5) is 7.79. The average molecular weight is 417 g/mol. The lowest BCUT2D eigenvalue weighted by Gasteiger charge is -2.23. The fourth-order valence-electron chi connectivity index (χ4n) is 2.53. The molecule has 1 aliphatic carbocycles. The van der Waals surface area contributed by atoms with Crippen molar-refractivity contribution >= 4 is 38.9 Å². The first kappa shape index (κ1) is 19.2. The van der Waals surface area contributed by atoms with Gasteiger partial charge in [0.2, 0.25) is 10.0 Å². The number of aryl methyl sites for hydroxylation is 1. The van der Waals surface area contributed by atoms with Gasteiger partial charge in [0.15, 0.2) is 0 Å². The molecule has 26 heavy (non-hydrogen) atoms. The van der Waals surface area contributed by atoms with Gasteiger partial charge in [-0.3, -0.25) is 0 Å². The van der Waals surface area contributed by atoms with Crippen LogP contribution in [0.4, 0.5) is 5.69 Å². The van der Waals surface area contributed by atoms with Gasteiger partial charge in [0.1, 0.15) is 16.7 Å². The van der Waals surface area contributed by atoms with E-state index in [0.29, 0.717) is 5.56 Å². The molecule has 2 N–H and O–H groups in total. The third-order valence-corrected chi connectivity index (χ3v) is 6.72. The molecule has 1 heterocycles. The smallest absolute Gasteiger partial charge is 0.317 e. The van der Waals surface area contributed by atoms with E-state index in [4.69, 9.17) is 33.7 Å². The van der Waals surface area contributed by atoms with Crippen molar-refractivity contribution in [3.8, 4) is 6.01 Å². The van der Waals surface area contributed by atoms with E-state index in [1.54, 1.807) is 19.1 Å². The molecule has 1 saturated carbocycles. The standard InChI is InChI=1S/C16H18Cl2N4O3S/c1-10-2-5-12(17)15(14(10)19)26(23,24)22(11-3-4-11)8-9-25-16-20-7-6-13(18)21-16/h2,5-7,11H,3-4,8-9,19H2,1H3. The first-order valence-corrected chi connectivity index (χ1v) is 10.2. The fourth-order valence-corrected chi connectivity index (χ4v) is 5.02. The molecule has 1 fully saturated rings. The first-order valence-electron chi connectivity index (χ1n) is 7.98. The summed E-state index contributed by atoms with van der Waals surface area (Å²) in [5.41, 5.74) is 6.84. The maximum absolute atomic E-state index is 13.2. The van der Waals surface area contributed by atoms with Gasteiger partial charge < -0.3 is 10.5 Å². The van der Waals surface area contributed by atoms with Crippen molar-refractivity contribution in [2.75, 3.05) is 18.9 Å². The van der Waals surface area contributed by atoms with E-state index in [1.165, 1.54) is 16.6 Å². The Morgan fingerprint density at radius 2 is 2.04 bits per heavy atom. The van der Waals surface area contributed by atoms with Crippen molar-refractivity contribution in [2.24, 2.45) is 0 Å². The van der Waals surface area contributed by atoms with E-state index in [1.807, 2.05) is 0 Å². The SMILES string of the molecule is Cc1ccc(Cl)c(S(=O)(=O)N(CCOc2nccc(Cl)n2)C2CC2)c1N. The second-order valence-corrected chi connectivity index (χ2v) is 8.59. The maximum Gasteiger partial charge on any atom is 0.317 e. The number of nitrogens with zero attached hydrogens (tertiary/aromatic N) is 3. The molecule has 0 unspecified atom stereocenters. The van der Waals surface area contributed by atoms with Crippen LogP contribution in [0.1, 0.15) is 18.4 Å². The van der Waals surface area contributed by atoms with Gasteiger partial charge in [-0.2, -0.15) is 9.29 Å². The summed E-state index contributed by atoms with van der Waals surface area (Å²) in [7, 11) is -3.85. The van der Waals surface area contributed by atoms with Crippen molar-refractivity contribution in [3.63, 3.8) is 0 Å². The minimum atomic E-state index is -3.85. The van der Waals surface area contributed by atoms with Crippen LogP contribution in [0.5, 0.6) is 6.01 Å². The molecule has 0 saturated heterocycles. The zero-order valence-electron chi connectivity index (χ0n) is 14.0. The highest BCUT2D eigenvalue weighted by molar-refractivity contribution is 7.89. The Morgan fingerprint density at radius 3 is 2.69 bits per heavy atom. The summed E-state index contributed by atoms with van der Waals surface area (Å²) < 4.78 is 33.1. The topological polar surface area (TPSA) is 98.4 Å². The number of nitrogens with two attached hydrogens (primary N) is 1. The Bertz CT molecular complexity index is 920. The van der Waals surface area contributed by atoms with Crippen LogP contribution in [0.3, 0.4) is 0 Å². The summed E-state index contributed by atoms with van der Waals surface area (Å²) in [6, 6.07) is 4.77. The lowest BCUT2D eigenvalue weighted by Crippen LogP contribution is -2.37. The summed E-state index contributed by atoms with van der Waals surface area (Å²) >= 11 is 11.9. The molecule has 1 aliphatic rings. The Kier molecular flexibility index (Phi) is 5.57. The van der Waals surface area contributed by atoms with E-state index < -0.39 is 10.0 Å². The lowest BCUT2D eigenvalue weighted by molar-refractivity contribution is 0.252. The molecule has 0 atom stereocenters. The number of ether oxygens (including phenoxy) is 1. The van der Waals surface area contributed by atoms with Crippen molar-refractivity contribution in [3.05, 3.63) is 40.1 Å². The summed E-state index contributed by atoms with van der Waals surface area (Å²) in [5, 5.41) is 0.360. The molecule has 0 spiro atoms. The zero-order valence-corrected chi connectivity index (χ0v) is 16.4. The predicted molar refractivity (Wildman–Crippen MR) is 100 cm³/mol. The van der Waals surface area contributed by atoms with E-state index in [0.717, 1.165) is 12.8 Å². The molecular formula is C16H18Cl2N4O3S. The molecule has 1 aromatic carbocycles. The summed E-state index contributed by atoms with van der Waals surface area (Å²) in [5.74, 6) is 0. The van der Waals surface area contributed by atoms with Gasteiger partial charge >= 0.3 is 6.01 Å². The summed E-state index contributed by atoms with van der Waals surface area (Å²) in [6.07, 6.45) is 3.04. The van der Waals surface area contributed by atoms with Crippen molar-refractivity contribution < 1.29 is 13.2 Å². The van der Waals surface area contributed by atoms with Crippen LogP contribution >= 0.6 is 23.2 Å². The predicted octanol–water partition coefficient (Wildman–Crippen LogP) is 2.91.